The fourth-order valence-electron chi connectivity index (χ4n) is 2.33. The molecular formula is C19H21ClN2O6S. The number of carbonyl (C=O) groups is 2. The molecule has 0 unspecified atom stereocenters. The molecule has 0 N–H and O–H groups in total. The number of ether oxygens (including phenoxy) is 1. The van der Waals surface area contributed by atoms with Crippen LogP contribution in [0.2, 0.25) is 5.02 Å². The van der Waals surface area contributed by atoms with Gasteiger partial charge in [0, 0.05) is 20.6 Å². The maximum atomic E-state index is 12.4. The summed E-state index contributed by atoms with van der Waals surface area (Å²) in [5.41, 5.74) is 0.875. The SMILES string of the molecule is CON(C)S(=O)(=O)c1cc(C(=O)OCC(=O)N(C)Cc2ccccc2)ccc1Cl. The van der Waals surface area contributed by atoms with Crippen molar-refractivity contribution in [1.29, 1.82) is 0 Å². The first-order chi connectivity index (χ1) is 13.7. The highest BCUT2D eigenvalue weighted by atomic mass is 35.5. The molecule has 0 aliphatic rings. The van der Waals surface area contributed by atoms with Crippen LogP contribution in [-0.2, 0) is 30.9 Å². The molecule has 2 aromatic rings. The Hall–Kier alpha value is -2.46. The van der Waals surface area contributed by atoms with Gasteiger partial charge in [0.25, 0.3) is 15.9 Å². The van der Waals surface area contributed by atoms with Crippen LogP contribution in [-0.4, -0.2) is 57.5 Å². The summed E-state index contributed by atoms with van der Waals surface area (Å²) >= 11 is 5.96. The fourth-order valence-corrected chi connectivity index (χ4v) is 3.80. The normalized spacial score (nSPS) is 11.3. The van der Waals surface area contributed by atoms with Gasteiger partial charge in [-0.05, 0) is 23.8 Å². The van der Waals surface area contributed by atoms with E-state index in [2.05, 4.69) is 0 Å². The molecule has 1 amide bonds. The van der Waals surface area contributed by atoms with E-state index in [0.717, 1.165) is 11.6 Å². The molecule has 0 aliphatic carbocycles. The van der Waals surface area contributed by atoms with E-state index in [1.807, 2.05) is 30.3 Å². The lowest BCUT2D eigenvalue weighted by molar-refractivity contribution is -0.133. The van der Waals surface area contributed by atoms with Gasteiger partial charge in [0.15, 0.2) is 6.61 Å². The molecule has 2 aromatic carbocycles. The molecule has 156 valence electrons. The van der Waals surface area contributed by atoms with Crippen LogP contribution in [0.25, 0.3) is 0 Å². The Morgan fingerprint density at radius 2 is 1.72 bits per heavy atom. The number of carbonyl (C=O) groups excluding carboxylic acids is 2. The number of sulfonamides is 1. The van der Waals surface area contributed by atoms with Crippen molar-refractivity contribution in [2.45, 2.75) is 11.4 Å². The van der Waals surface area contributed by atoms with Gasteiger partial charge in [-0.15, -0.1) is 0 Å². The number of hydroxylamine groups is 1. The van der Waals surface area contributed by atoms with Crippen LogP contribution < -0.4 is 0 Å². The third kappa shape index (κ3) is 5.77. The van der Waals surface area contributed by atoms with Crippen molar-refractivity contribution in [3.05, 3.63) is 64.7 Å². The fraction of sp³-hybridized carbons (Fsp3) is 0.263. The number of likely N-dealkylation sites (N-methyl/N-ethyl adjacent to an activating group) is 1. The zero-order valence-corrected chi connectivity index (χ0v) is 17.7. The van der Waals surface area contributed by atoms with Crippen molar-refractivity contribution in [2.75, 3.05) is 27.8 Å². The number of nitrogens with zero attached hydrogens (tertiary/aromatic N) is 2. The Bertz CT molecular complexity index is 981. The van der Waals surface area contributed by atoms with E-state index >= 15 is 0 Å². The second kappa shape index (κ2) is 9.84. The van der Waals surface area contributed by atoms with Crippen LogP contribution >= 0.6 is 11.6 Å². The molecule has 8 nitrogen and oxygen atoms in total. The van der Waals surface area contributed by atoms with Crippen LogP contribution in [0.1, 0.15) is 15.9 Å². The van der Waals surface area contributed by atoms with Gasteiger partial charge < -0.3 is 9.64 Å². The van der Waals surface area contributed by atoms with Crippen LogP contribution in [0.4, 0.5) is 0 Å². The Balaban J connectivity index is 2.05. The van der Waals surface area contributed by atoms with Crippen molar-refractivity contribution in [2.24, 2.45) is 0 Å². The van der Waals surface area contributed by atoms with Gasteiger partial charge in [-0.25, -0.2) is 13.2 Å². The standard InChI is InChI=1S/C19H21ClN2O6S/c1-21(12-14-7-5-4-6-8-14)18(23)13-28-19(24)15-9-10-16(20)17(11-15)29(25,26)22(2)27-3/h4-11H,12-13H2,1-3H3. The van der Waals surface area contributed by atoms with E-state index < -0.39 is 28.5 Å². The van der Waals surface area contributed by atoms with Crippen molar-refractivity contribution >= 4 is 33.5 Å². The zero-order valence-electron chi connectivity index (χ0n) is 16.2. The predicted molar refractivity (Wildman–Crippen MR) is 107 cm³/mol. The number of halogens is 1. The van der Waals surface area contributed by atoms with Gasteiger partial charge in [-0.2, -0.15) is 0 Å². The molecule has 0 spiro atoms. The quantitative estimate of drug-likeness (QED) is 0.462. The molecule has 29 heavy (non-hydrogen) atoms. The van der Waals surface area contributed by atoms with Crippen LogP contribution in [0.5, 0.6) is 0 Å². The molecule has 0 aromatic heterocycles. The third-order valence-electron chi connectivity index (χ3n) is 4.06. The summed E-state index contributed by atoms with van der Waals surface area (Å²) in [6.45, 7) is -0.116. The van der Waals surface area contributed by atoms with Crippen molar-refractivity contribution < 1.29 is 27.6 Å². The number of benzene rings is 2. The molecule has 0 heterocycles. The maximum absolute atomic E-state index is 12.4. The lowest BCUT2D eigenvalue weighted by Crippen LogP contribution is -2.31. The predicted octanol–water partition coefficient (Wildman–Crippen LogP) is 2.34. The summed E-state index contributed by atoms with van der Waals surface area (Å²) in [7, 11) is -0.0908. The zero-order chi connectivity index (χ0) is 21.6. The average Bonchev–Trinajstić information content (AvgIpc) is 2.71. The summed E-state index contributed by atoms with van der Waals surface area (Å²) in [6.07, 6.45) is 0. The molecule has 0 saturated heterocycles. The van der Waals surface area contributed by atoms with Gasteiger partial charge in [0.2, 0.25) is 0 Å². The monoisotopic (exact) mass is 440 g/mol. The van der Waals surface area contributed by atoms with Gasteiger partial charge >= 0.3 is 5.97 Å². The Labute approximate surface area is 174 Å². The van der Waals surface area contributed by atoms with Crippen LogP contribution in [0.3, 0.4) is 0 Å². The molecule has 2 rings (SSSR count). The van der Waals surface area contributed by atoms with Crippen LogP contribution in [0.15, 0.2) is 53.4 Å². The van der Waals surface area contributed by atoms with Gasteiger partial charge in [-0.3, -0.25) is 9.63 Å². The lowest BCUT2D eigenvalue weighted by atomic mass is 10.2. The number of rotatable bonds is 8. The van der Waals surface area contributed by atoms with E-state index in [-0.39, 0.29) is 15.5 Å². The van der Waals surface area contributed by atoms with Gasteiger partial charge in [0.05, 0.1) is 17.7 Å². The summed E-state index contributed by atoms with van der Waals surface area (Å²) in [4.78, 5) is 30.3. The molecule has 0 saturated carbocycles. The maximum Gasteiger partial charge on any atom is 0.338 e. The topological polar surface area (TPSA) is 93.2 Å². The number of hydrogen-bond donors (Lipinski definition) is 0. The van der Waals surface area contributed by atoms with Crippen molar-refractivity contribution in [1.82, 2.24) is 9.37 Å². The first-order valence-electron chi connectivity index (χ1n) is 8.44. The molecule has 0 aliphatic heterocycles. The molecule has 0 bridgehead atoms. The number of amides is 1. The highest BCUT2D eigenvalue weighted by Crippen LogP contribution is 2.25. The smallest absolute Gasteiger partial charge is 0.338 e. The Morgan fingerprint density at radius 1 is 1.07 bits per heavy atom. The minimum absolute atomic E-state index is 0.0593. The second-order valence-electron chi connectivity index (χ2n) is 6.05. The van der Waals surface area contributed by atoms with E-state index in [0.29, 0.717) is 11.0 Å². The largest absolute Gasteiger partial charge is 0.452 e. The highest BCUT2D eigenvalue weighted by molar-refractivity contribution is 7.89. The molecule has 10 heteroatoms. The minimum atomic E-state index is -4.06. The van der Waals surface area contributed by atoms with Crippen molar-refractivity contribution in [3.63, 3.8) is 0 Å². The third-order valence-corrected chi connectivity index (χ3v) is 6.22. The van der Waals surface area contributed by atoms with E-state index in [4.69, 9.17) is 21.2 Å². The number of esters is 1. The summed E-state index contributed by atoms with van der Waals surface area (Å²) < 4.78 is 30.4. The van der Waals surface area contributed by atoms with Gasteiger partial charge in [-0.1, -0.05) is 46.4 Å². The van der Waals surface area contributed by atoms with Crippen molar-refractivity contribution in [3.8, 4) is 0 Å². The van der Waals surface area contributed by atoms with Gasteiger partial charge in [0.1, 0.15) is 4.90 Å². The Kier molecular flexibility index (Phi) is 7.74. The lowest BCUT2D eigenvalue weighted by Gasteiger charge is -2.17. The molecule has 0 radical (unpaired) electrons. The summed E-state index contributed by atoms with van der Waals surface area (Å²) in [5, 5.41) is -0.0795. The summed E-state index contributed by atoms with van der Waals surface area (Å²) in [5.74, 6) is -1.25. The van der Waals surface area contributed by atoms with E-state index in [9.17, 15) is 18.0 Å². The first-order valence-corrected chi connectivity index (χ1v) is 10.3. The average molecular weight is 441 g/mol. The van der Waals surface area contributed by atoms with E-state index in [1.165, 1.54) is 31.2 Å². The molecular weight excluding hydrogens is 420 g/mol. The highest BCUT2D eigenvalue weighted by Gasteiger charge is 2.25. The molecule has 0 atom stereocenters. The molecule has 0 fully saturated rings. The van der Waals surface area contributed by atoms with Crippen LogP contribution in [0, 0.1) is 0 Å². The minimum Gasteiger partial charge on any atom is -0.452 e. The first kappa shape index (κ1) is 22.8. The second-order valence-corrected chi connectivity index (χ2v) is 8.37. The number of hydrogen-bond acceptors (Lipinski definition) is 6. The Morgan fingerprint density at radius 3 is 2.34 bits per heavy atom. The van der Waals surface area contributed by atoms with E-state index in [1.54, 1.807) is 7.05 Å². The summed E-state index contributed by atoms with van der Waals surface area (Å²) in [6, 6.07) is 13.0.